The van der Waals surface area contributed by atoms with E-state index in [2.05, 4.69) is 59.6 Å². The van der Waals surface area contributed by atoms with Gasteiger partial charge in [-0.2, -0.15) is 0 Å². The highest BCUT2D eigenvalue weighted by molar-refractivity contribution is 5.79. The van der Waals surface area contributed by atoms with Gasteiger partial charge < -0.3 is 15.4 Å². The van der Waals surface area contributed by atoms with Crippen molar-refractivity contribution in [2.24, 2.45) is 4.99 Å². The van der Waals surface area contributed by atoms with Crippen molar-refractivity contribution in [2.75, 3.05) is 27.7 Å². The lowest BCUT2D eigenvalue weighted by atomic mass is 10.1. The highest BCUT2D eigenvalue weighted by atomic mass is 16.5. The smallest absolute Gasteiger partial charge is 0.191 e. The SMILES string of the molecule is CN=C(NCc1ccc(C)cc1OC)NCC(C)N(C)C1CC1. The van der Waals surface area contributed by atoms with Gasteiger partial charge in [-0.25, -0.2) is 0 Å². The lowest BCUT2D eigenvalue weighted by Crippen LogP contribution is -2.45. The number of likely N-dealkylation sites (N-methyl/N-ethyl adjacent to an activating group) is 1. The van der Waals surface area contributed by atoms with E-state index in [1.807, 2.05) is 0 Å². The van der Waals surface area contributed by atoms with E-state index in [0.717, 1.165) is 29.9 Å². The summed E-state index contributed by atoms with van der Waals surface area (Å²) in [4.78, 5) is 6.75. The number of hydrogen-bond donors (Lipinski definition) is 2. The Kier molecular flexibility index (Phi) is 6.28. The number of nitrogens with zero attached hydrogens (tertiary/aromatic N) is 2. The molecule has 0 aliphatic heterocycles. The third kappa shape index (κ3) is 5.13. The quantitative estimate of drug-likeness (QED) is 0.597. The van der Waals surface area contributed by atoms with Gasteiger partial charge in [0.05, 0.1) is 7.11 Å². The fourth-order valence-corrected chi connectivity index (χ4v) is 2.63. The Bertz CT molecular complexity index is 540. The van der Waals surface area contributed by atoms with Crippen LogP contribution in [-0.4, -0.2) is 50.7 Å². The first-order valence-electron chi connectivity index (χ1n) is 8.35. The molecule has 2 rings (SSSR count). The van der Waals surface area contributed by atoms with Crippen LogP contribution in [0.5, 0.6) is 5.75 Å². The molecule has 1 aliphatic carbocycles. The van der Waals surface area contributed by atoms with Crippen molar-refractivity contribution in [1.82, 2.24) is 15.5 Å². The van der Waals surface area contributed by atoms with Gasteiger partial charge in [0.15, 0.2) is 5.96 Å². The van der Waals surface area contributed by atoms with Crippen LogP contribution < -0.4 is 15.4 Å². The van der Waals surface area contributed by atoms with E-state index in [9.17, 15) is 0 Å². The number of methoxy groups -OCH3 is 1. The number of aryl methyl sites for hydroxylation is 1. The monoisotopic (exact) mass is 318 g/mol. The summed E-state index contributed by atoms with van der Waals surface area (Å²) in [6.45, 7) is 5.90. The second kappa shape index (κ2) is 8.20. The molecule has 128 valence electrons. The Morgan fingerprint density at radius 1 is 1.39 bits per heavy atom. The maximum Gasteiger partial charge on any atom is 0.191 e. The molecular formula is C18H30N4O. The molecule has 0 bridgehead atoms. The van der Waals surface area contributed by atoms with Crippen LogP contribution in [0.1, 0.15) is 30.9 Å². The summed E-state index contributed by atoms with van der Waals surface area (Å²) in [5.74, 6) is 1.73. The third-order valence-corrected chi connectivity index (χ3v) is 4.50. The minimum Gasteiger partial charge on any atom is -0.496 e. The molecule has 0 amide bonds. The van der Waals surface area contributed by atoms with Gasteiger partial charge in [-0.15, -0.1) is 0 Å². The van der Waals surface area contributed by atoms with Gasteiger partial charge in [0.1, 0.15) is 5.75 Å². The van der Waals surface area contributed by atoms with Crippen LogP contribution in [0.4, 0.5) is 0 Å². The van der Waals surface area contributed by atoms with Crippen LogP contribution in [0.3, 0.4) is 0 Å². The highest BCUT2D eigenvalue weighted by Gasteiger charge is 2.28. The topological polar surface area (TPSA) is 48.9 Å². The molecule has 2 N–H and O–H groups in total. The van der Waals surface area contributed by atoms with Crippen molar-refractivity contribution >= 4 is 5.96 Å². The summed E-state index contributed by atoms with van der Waals surface area (Å²) in [6.07, 6.45) is 2.67. The summed E-state index contributed by atoms with van der Waals surface area (Å²) in [5.41, 5.74) is 2.33. The number of aliphatic imine (C=N–C) groups is 1. The lowest BCUT2D eigenvalue weighted by molar-refractivity contribution is 0.247. The van der Waals surface area contributed by atoms with Gasteiger partial charge in [-0.3, -0.25) is 9.89 Å². The van der Waals surface area contributed by atoms with Crippen molar-refractivity contribution < 1.29 is 4.74 Å². The van der Waals surface area contributed by atoms with E-state index in [0.29, 0.717) is 12.6 Å². The van der Waals surface area contributed by atoms with Crippen molar-refractivity contribution in [3.8, 4) is 5.75 Å². The fourth-order valence-electron chi connectivity index (χ4n) is 2.63. The minimum atomic E-state index is 0.495. The number of ether oxygens (including phenoxy) is 1. The summed E-state index contributed by atoms with van der Waals surface area (Å²) in [6, 6.07) is 7.52. The Labute approximate surface area is 140 Å². The molecule has 1 atom stereocenters. The predicted octanol–water partition coefficient (Wildman–Crippen LogP) is 2.15. The Hall–Kier alpha value is -1.75. The Morgan fingerprint density at radius 2 is 2.13 bits per heavy atom. The van der Waals surface area contributed by atoms with E-state index in [4.69, 9.17) is 4.74 Å². The van der Waals surface area contributed by atoms with Crippen molar-refractivity contribution in [2.45, 2.75) is 45.3 Å². The maximum absolute atomic E-state index is 5.45. The second-order valence-corrected chi connectivity index (χ2v) is 6.37. The van der Waals surface area contributed by atoms with E-state index in [1.165, 1.54) is 18.4 Å². The van der Waals surface area contributed by atoms with Gasteiger partial charge in [0.25, 0.3) is 0 Å². The Morgan fingerprint density at radius 3 is 2.74 bits per heavy atom. The summed E-state index contributed by atoms with van der Waals surface area (Å²) in [7, 11) is 5.72. The van der Waals surface area contributed by atoms with Gasteiger partial charge in [0.2, 0.25) is 0 Å². The average molecular weight is 318 g/mol. The molecule has 0 aromatic heterocycles. The van der Waals surface area contributed by atoms with Crippen LogP contribution in [0.15, 0.2) is 23.2 Å². The van der Waals surface area contributed by atoms with Gasteiger partial charge >= 0.3 is 0 Å². The molecule has 1 aromatic rings. The average Bonchev–Trinajstić information content (AvgIpc) is 3.39. The first-order valence-corrected chi connectivity index (χ1v) is 8.35. The molecule has 1 aromatic carbocycles. The van der Waals surface area contributed by atoms with Crippen LogP contribution in [0.2, 0.25) is 0 Å². The zero-order chi connectivity index (χ0) is 16.8. The van der Waals surface area contributed by atoms with Crippen molar-refractivity contribution in [1.29, 1.82) is 0 Å². The molecule has 1 fully saturated rings. The molecule has 5 heteroatoms. The number of rotatable bonds is 7. The van der Waals surface area contributed by atoms with E-state index < -0.39 is 0 Å². The van der Waals surface area contributed by atoms with E-state index >= 15 is 0 Å². The maximum atomic E-state index is 5.45. The van der Waals surface area contributed by atoms with E-state index in [1.54, 1.807) is 14.2 Å². The molecule has 1 saturated carbocycles. The first kappa shape index (κ1) is 17.6. The summed E-state index contributed by atoms with van der Waals surface area (Å²) < 4.78 is 5.45. The molecule has 0 heterocycles. The summed E-state index contributed by atoms with van der Waals surface area (Å²) >= 11 is 0. The zero-order valence-electron chi connectivity index (χ0n) is 15.0. The summed E-state index contributed by atoms with van der Waals surface area (Å²) in [5, 5.41) is 6.77. The van der Waals surface area contributed by atoms with Gasteiger partial charge in [0, 0.05) is 37.8 Å². The predicted molar refractivity (Wildman–Crippen MR) is 96.2 cm³/mol. The molecule has 5 nitrogen and oxygen atoms in total. The molecule has 0 spiro atoms. The standard InChI is InChI=1S/C18H30N4O/c1-13-6-7-15(17(10-13)23-5)12-21-18(19-3)20-11-14(2)22(4)16-8-9-16/h6-7,10,14,16H,8-9,11-12H2,1-5H3,(H2,19,20,21). The number of nitrogens with one attached hydrogen (secondary N) is 2. The minimum absolute atomic E-state index is 0.495. The van der Waals surface area contributed by atoms with Gasteiger partial charge in [-0.05, 0) is 45.4 Å². The van der Waals surface area contributed by atoms with Crippen LogP contribution in [0, 0.1) is 6.92 Å². The third-order valence-electron chi connectivity index (χ3n) is 4.50. The second-order valence-electron chi connectivity index (χ2n) is 6.37. The molecule has 1 unspecified atom stereocenters. The number of benzene rings is 1. The number of hydrogen-bond acceptors (Lipinski definition) is 3. The van der Waals surface area contributed by atoms with Crippen molar-refractivity contribution in [3.05, 3.63) is 29.3 Å². The first-order chi connectivity index (χ1) is 11.0. The molecule has 23 heavy (non-hydrogen) atoms. The van der Waals surface area contributed by atoms with Crippen LogP contribution >= 0.6 is 0 Å². The largest absolute Gasteiger partial charge is 0.496 e. The zero-order valence-corrected chi connectivity index (χ0v) is 15.0. The lowest BCUT2D eigenvalue weighted by Gasteiger charge is -2.25. The fraction of sp³-hybridized carbons (Fsp3) is 0.611. The van der Waals surface area contributed by atoms with Crippen LogP contribution in [-0.2, 0) is 6.54 Å². The normalized spacial score (nSPS) is 16.3. The van der Waals surface area contributed by atoms with Crippen molar-refractivity contribution in [3.63, 3.8) is 0 Å². The highest BCUT2D eigenvalue weighted by Crippen LogP contribution is 2.26. The van der Waals surface area contributed by atoms with Crippen LogP contribution in [0.25, 0.3) is 0 Å². The Balaban J connectivity index is 1.83. The molecule has 0 radical (unpaired) electrons. The number of guanidine groups is 1. The molecule has 0 saturated heterocycles. The molecular weight excluding hydrogens is 288 g/mol. The molecule has 1 aliphatic rings. The van der Waals surface area contributed by atoms with Gasteiger partial charge in [-0.1, -0.05) is 12.1 Å². The van der Waals surface area contributed by atoms with E-state index in [-0.39, 0.29) is 0 Å².